The van der Waals surface area contributed by atoms with Gasteiger partial charge in [-0.1, -0.05) is 29.8 Å². The number of morpholine rings is 1. The van der Waals surface area contributed by atoms with Gasteiger partial charge < -0.3 is 9.64 Å². The van der Waals surface area contributed by atoms with Crippen LogP contribution in [-0.2, 0) is 4.74 Å². The van der Waals surface area contributed by atoms with Crippen LogP contribution in [0.15, 0.2) is 36.4 Å². The minimum Gasteiger partial charge on any atom is -0.378 e. The van der Waals surface area contributed by atoms with Crippen molar-refractivity contribution in [3.8, 4) is 0 Å². The lowest BCUT2D eigenvalue weighted by molar-refractivity contribution is 0.108. The first-order valence-corrected chi connectivity index (χ1v) is 9.30. The molecule has 25 heavy (non-hydrogen) atoms. The number of halogens is 1. The molecule has 0 aliphatic carbocycles. The van der Waals surface area contributed by atoms with Gasteiger partial charge in [-0.25, -0.2) is 0 Å². The van der Waals surface area contributed by atoms with Crippen LogP contribution in [0.25, 0.3) is 0 Å². The number of rotatable bonds is 2. The van der Waals surface area contributed by atoms with Crippen molar-refractivity contribution in [3.05, 3.63) is 58.7 Å². The van der Waals surface area contributed by atoms with E-state index in [1.54, 1.807) is 0 Å². The van der Waals surface area contributed by atoms with E-state index in [0.717, 1.165) is 43.0 Å². The molecule has 0 bridgehead atoms. The molecule has 1 saturated heterocycles. The van der Waals surface area contributed by atoms with Crippen LogP contribution < -0.4 is 10.2 Å². The lowest BCUT2D eigenvalue weighted by atomic mass is 10.0. The molecule has 3 nitrogen and oxygen atoms in total. The monoisotopic (exact) mass is 377 g/mol. The van der Waals surface area contributed by atoms with Crippen LogP contribution in [0.4, 0.5) is 5.69 Å². The third-order valence-corrected chi connectivity index (χ3v) is 4.72. The molecule has 1 aliphatic heterocycles. The van der Waals surface area contributed by atoms with Crippen molar-refractivity contribution < 1.29 is 9.53 Å². The van der Waals surface area contributed by atoms with Crippen molar-refractivity contribution in [2.24, 2.45) is 0 Å². The zero-order chi connectivity index (χ0) is 18.4. The van der Waals surface area contributed by atoms with Gasteiger partial charge in [-0.3, -0.25) is 4.79 Å². The van der Waals surface area contributed by atoms with Crippen LogP contribution in [-0.4, -0.2) is 31.5 Å². The summed E-state index contributed by atoms with van der Waals surface area (Å²) in [5.74, 6) is 0. The van der Waals surface area contributed by atoms with E-state index in [-0.39, 0.29) is 5.24 Å². The van der Waals surface area contributed by atoms with E-state index in [0.29, 0.717) is 5.56 Å². The number of hydrogen-bond acceptors (Lipinski definition) is 3. The number of aryl methyl sites for hydroxylation is 3. The van der Waals surface area contributed by atoms with Crippen molar-refractivity contribution in [3.63, 3.8) is 0 Å². The number of hydrogen-bond donors (Lipinski definition) is 0. The summed E-state index contributed by atoms with van der Waals surface area (Å²) in [6.07, 6.45) is 0. The molecule has 5 heteroatoms. The third-order valence-electron chi connectivity index (χ3n) is 4.14. The highest BCUT2D eigenvalue weighted by Crippen LogP contribution is 2.18. The molecule has 0 saturated carbocycles. The zero-order valence-electron chi connectivity index (χ0n) is 15.0. The van der Waals surface area contributed by atoms with Gasteiger partial charge >= 0.3 is 0 Å². The minimum atomic E-state index is -0.370. The van der Waals surface area contributed by atoms with Crippen LogP contribution in [0, 0.1) is 20.8 Å². The standard InChI is InChI=1S/C10H11ClO.C10H14NOP/c1-6-4-7(2)9(10(11)12)8(3)5-6;13-10-3-1-9(2-4-10)11-5-7-12-8-6-11/h4-5H,1-3H3;1-4H,5-8,13H2. The van der Waals surface area contributed by atoms with E-state index in [4.69, 9.17) is 16.3 Å². The fourth-order valence-electron chi connectivity index (χ4n) is 3.00. The third kappa shape index (κ3) is 5.81. The lowest BCUT2D eigenvalue weighted by Crippen LogP contribution is -2.36. The smallest absolute Gasteiger partial charge is 0.252 e. The summed E-state index contributed by atoms with van der Waals surface area (Å²) in [4.78, 5) is 13.3. The first-order chi connectivity index (χ1) is 11.9. The molecule has 1 atom stereocenters. The van der Waals surface area contributed by atoms with E-state index in [9.17, 15) is 4.79 Å². The van der Waals surface area contributed by atoms with Gasteiger partial charge in [0.05, 0.1) is 13.2 Å². The predicted molar refractivity (Wildman–Crippen MR) is 110 cm³/mol. The molecule has 3 rings (SSSR count). The maximum absolute atomic E-state index is 11.0. The molecular weight excluding hydrogens is 353 g/mol. The van der Waals surface area contributed by atoms with Crippen molar-refractivity contribution in [1.82, 2.24) is 0 Å². The number of benzene rings is 2. The molecule has 0 radical (unpaired) electrons. The Labute approximate surface area is 157 Å². The molecule has 0 aromatic heterocycles. The van der Waals surface area contributed by atoms with Crippen LogP contribution in [0.5, 0.6) is 0 Å². The van der Waals surface area contributed by atoms with Gasteiger partial charge in [0, 0.05) is 24.3 Å². The quantitative estimate of drug-likeness (QED) is 0.585. The largest absolute Gasteiger partial charge is 0.378 e. The molecule has 1 aliphatic rings. The van der Waals surface area contributed by atoms with Gasteiger partial charge in [0.1, 0.15) is 0 Å². The summed E-state index contributed by atoms with van der Waals surface area (Å²) in [5.41, 5.74) is 5.00. The van der Waals surface area contributed by atoms with Crippen LogP contribution in [0.3, 0.4) is 0 Å². The van der Waals surface area contributed by atoms with Gasteiger partial charge in [-0.05, 0) is 60.9 Å². The summed E-state index contributed by atoms with van der Waals surface area (Å²) < 4.78 is 5.30. The maximum Gasteiger partial charge on any atom is 0.252 e. The molecule has 1 heterocycles. The molecule has 2 aromatic carbocycles. The molecule has 1 fully saturated rings. The molecule has 134 valence electrons. The second-order valence-electron chi connectivity index (χ2n) is 6.24. The number of anilines is 1. The average molecular weight is 378 g/mol. The van der Waals surface area contributed by atoms with Crippen LogP contribution >= 0.6 is 20.8 Å². The number of carbonyl (C=O) groups excluding carboxylic acids is 1. The first kappa shape index (κ1) is 19.9. The van der Waals surface area contributed by atoms with Crippen molar-refractivity contribution in [2.75, 3.05) is 31.2 Å². The summed E-state index contributed by atoms with van der Waals surface area (Å²) in [5, 5.41) is 0.863. The summed E-state index contributed by atoms with van der Waals surface area (Å²) >= 11 is 5.43. The van der Waals surface area contributed by atoms with Gasteiger partial charge in [0.2, 0.25) is 0 Å². The van der Waals surface area contributed by atoms with E-state index in [1.165, 1.54) is 11.0 Å². The normalized spacial score (nSPS) is 13.9. The number of nitrogens with zero attached hydrogens (tertiary/aromatic N) is 1. The van der Waals surface area contributed by atoms with Crippen LogP contribution in [0.1, 0.15) is 27.0 Å². The average Bonchev–Trinajstić information content (AvgIpc) is 2.55. The summed E-state index contributed by atoms with van der Waals surface area (Å²) in [6, 6.07) is 12.5. The summed E-state index contributed by atoms with van der Waals surface area (Å²) in [6.45, 7) is 9.52. The Bertz CT molecular complexity index is 702. The van der Waals surface area contributed by atoms with Gasteiger partial charge in [0.15, 0.2) is 0 Å². The molecule has 0 amide bonds. The number of carbonyl (C=O) groups is 1. The van der Waals surface area contributed by atoms with E-state index in [2.05, 4.69) is 38.4 Å². The Balaban J connectivity index is 0.000000181. The second-order valence-corrected chi connectivity index (χ2v) is 7.25. The fraction of sp³-hybridized carbons (Fsp3) is 0.350. The fourth-order valence-corrected chi connectivity index (χ4v) is 3.49. The molecule has 2 aromatic rings. The highest BCUT2D eigenvalue weighted by Gasteiger charge is 2.10. The topological polar surface area (TPSA) is 29.5 Å². The van der Waals surface area contributed by atoms with Crippen LogP contribution in [0.2, 0.25) is 0 Å². The SMILES string of the molecule is Cc1cc(C)c(C(=O)Cl)c(C)c1.Pc1ccc(N2CCOCC2)cc1. The highest BCUT2D eigenvalue weighted by molar-refractivity contribution is 7.27. The Kier molecular flexibility index (Phi) is 7.43. The molecule has 1 unspecified atom stereocenters. The summed E-state index contributed by atoms with van der Waals surface area (Å²) in [7, 11) is 2.70. The Morgan fingerprint density at radius 3 is 2.04 bits per heavy atom. The van der Waals surface area contributed by atoms with Crippen molar-refractivity contribution >= 4 is 37.1 Å². The lowest BCUT2D eigenvalue weighted by Gasteiger charge is -2.28. The zero-order valence-corrected chi connectivity index (χ0v) is 16.9. The minimum absolute atomic E-state index is 0.370. The first-order valence-electron chi connectivity index (χ1n) is 8.34. The number of ether oxygens (including phenoxy) is 1. The molecule has 0 N–H and O–H groups in total. The Morgan fingerprint density at radius 1 is 1.04 bits per heavy atom. The Hall–Kier alpha value is -1.41. The molecular formula is C20H25ClNO2P. The van der Waals surface area contributed by atoms with Crippen molar-refractivity contribution in [1.29, 1.82) is 0 Å². The molecule has 0 spiro atoms. The van der Waals surface area contributed by atoms with Crippen molar-refractivity contribution in [2.45, 2.75) is 20.8 Å². The van der Waals surface area contributed by atoms with E-state index >= 15 is 0 Å². The van der Waals surface area contributed by atoms with E-state index < -0.39 is 0 Å². The predicted octanol–water partition coefficient (Wildman–Crippen LogP) is 4.01. The maximum atomic E-state index is 11.0. The highest BCUT2D eigenvalue weighted by atomic mass is 35.5. The second kappa shape index (κ2) is 9.33. The van der Waals surface area contributed by atoms with E-state index in [1.807, 2.05) is 32.9 Å². The van der Waals surface area contributed by atoms with Gasteiger partial charge in [-0.2, -0.15) is 0 Å². The Morgan fingerprint density at radius 2 is 1.56 bits per heavy atom. The van der Waals surface area contributed by atoms with Gasteiger partial charge in [-0.15, -0.1) is 9.24 Å². The van der Waals surface area contributed by atoms with Gasteiger partial charge in [0.25, 0.3) is 5.24 Å².